The molecule has 0 saturated heterocycles. The second-order valence-electron chi connectivity index (χ2n) is 6.56. The third-order valence-electron chi connectivity index (χ3n) is 4.27. The van der Waals surface area contributed by atoms with E-state index in [0.717, 1.165) is 5.56 Å². The highest BCUT2D eigenvalue weighted by Gasteiger charge is 2.14. The molecule has 0 unspecified atom stereocenters. The summed E-state index contributed by atoms with van der Waals surface area (Å²) in [7, 11) is 0. The van der Waals surface area contributed by atoms with E-state index in [1.54, 1.807) is 28.4 Å². The number of nitrogens with zero attached hydrogens (tertiary/aromatic N) is 5. The van der Waals surface area contributed by atoms with Crippen LogP contribution in [0.3, 0.4) is 0 Å². The van der Waals surface area contributed by atoms with Gasteiger partial charge in [-0.2, -0.15) is 9.78 Å². The highest BCUT2D eigenvalue weighted by atomic mass is 35.5. The molecule has 0 atom stereocenters. The maximum Gasteiger partial charge on any atom is 0.389 e. The van der Waals surface area contributed by atoms with Crippen molar-refractivity contribution in [2.24, 2.45) is 0 Å². The number of benzene rings is 1. The lowest BCUT2D eigenvalue weighted by Crippen LogP contribution is -2.09. The summed E-state index contributed by atoms with van der Waals surface area (Å²) in [5, 5.41) is 23.6. The SMILES string of the molecule is O=C(Nc1cnn(Cc2ccc(F)cc2Cl)c1)c1cc(Cn2ccc([N+](=O)[O-])n2)cs1. The largest absolute Gasteiger partial charge is 0.389 e. The Bertz CT molecular complexity index is 1270. The molecule has 1 N–H and O–H groups in total. The molecule has 4 rings (SSSR count). The van der Waals surface area contributed by atoms with Gasteiger partial charge in [0.1, 0.15) is 5.82 Å². The Morgan fingerprint density at radius 3 is 2.84 bits per heavy atom. The number of nitro groups is 1. The van der Waals surface area contributed by atoms with E-state index in [-0.39, 0.29) is 11.7 Å². The summed E-state index contributed by atoms with van der Waals surface area (Å²) in [6.07, 6.45) is 4.67. The number of hydrogen-bond donors (Lipinski definition) is 1. The van der Waals surface area contributed by atoms with Crippen molar-refractivity contribution in [1.82, 2.24) is 19.6 Å². The Balaban J connectivity index is 1.38. The highest BCUT2D eigenvalue weighted by molar-refractivity contribution is 7.12. The second-order valence-corrected chi connectivity index (χ2v) is 7.88. The molecule has 31 heavy (non-hydrogen) atoms. The van der Waals surface area contributed by atoms with Gasteiger partial charge in [-0.15, -0.1) is 11.3 Å². The molecule has 1 aromatic carbocycles. The molecule has 12 heteroatoms. The van der Waals surface area contributed by atoms with Crippen LogP contribution in [0.15, 0.2) is 54.3 Å². The Morgan fingerprint density at radius 2 is 2.10 bits per heavy atom. The quantitative estimate of drug-likeness (QED) is 0.328. The van der Waals surface area contributed by atoms with Crippen molar-refractivity contribution in [2.45, 2.75) is 13.1 Å². The van der Waals surface area contributed by atoms with E-state index in [4.69, 9.17) is 11.6 Å². The fourth-order valence-electron chi connectivity index (χ4n) is 2.83. The third kappa shape index (κ3) is 4.95. The second kappa shape index (κ2) is 8.66. The van der Waals surface area contributed by atoms with Gasteiger partial charge in [-0.25, -0.2) is 4.39 Å². The Kier molecular flexibility index (Phi) is 5.78. The van der Waals surface area contributed by atoms with Crippen LogP contribution < -0.4 is 5.32 Å². The van der Waals surface area contributed by atoms with E-state index in [9.17, 15) is 19.3 Å². The van der Waals surface area contributed by atoms with Crippen LogP contribution in [0.2, 0.25) is 5.02 Å². The highest BCUT2D eigenvalue weighted by Crippen LogP contribution is 2.20. The number of anilines is 1. The summed E-state index contributed by atoms with van der Waals surface area (Å²) in [6.45, 7) is 0.641. The molecule has 0 radical (unpaired) electrons. The van der Waals surface area contributed by atoms with Crippen LogP contribution in [0.1, 0.15) is 20.8 Å². The Labute approximate surface area is 183 Å². The number of carbonyl (C=O) groups is 1. The zero-order valence-corrected chi connectivity index (χ0v) is 17.3. The average molecular weight is 461 g/mol. The maximum absolute atomic E-state index is 13.2. The molecule has 0 bridgehead atoms. The van der Waals surface area contributed by atoms with Crippen LogP contribution in [0.25, 0.3) is 0 Å². The van der Waals surface area contributed by atoms with Crippen molar-refractivity contribution < 1.29 is 14.1 Å². The molecule has 0 saturated carbocycles. The van der Waals surface area contributed by atoms with Crippen molar-refractivity contribution in [3.05, 3.63) is 91.3 Å². The molecule has 3 aromatic heterocycles. The smallest absolute Gasteiger partial charge is 0.358 e. The molecule has 0 spiro atoms. The van der Waals surface area contributed by atoms with Crippen molar-refractivity contribution >= 4 is 40.4 Å². The number of halogens is 2. The lowest BCUT2D eigenvalue weighted by molar-refractivity contribution is -0.389. The van der Waals surface area contributed by atoms with Crippen molar-refractivity contribution in [1.29, 1.82) is 0 Å². The molecular formula is C19H14ClFN6O3S. The number of hydrogen-bond acceptors (Lipinski definition) is 6. The van der Waals surface area contributed by atoms with E-state index in [2.05, 4.69) is 15.5 Å². The van der Waals surface area contributed by atoms with E-state index in [1.807, 2.05) is 0 Å². The predicted octanol–water partition coefficient (Wildman–Crippen LogP) is 4.19. The summed E-state index contributed by atoms with van der Waals surface area (Å²) in [6, 6.07) is 7.16. The number of thiophene rings is 1. The van der Waals surface area contributed by atoms with Crippen LogP contribution >= 0.6 is 22.9 Å². The summed E-state index contributed by atoms with van der Waals surface area (Å²) >= 11 is 7.29. The molecule has 0 aliphatic rings. The van der Waals surface area contributed by atoms with Crippen LogP contribution in [0.5, 0.6) is 0 Å². The first kappa shape index (κ1) is 20.7. The molecule has 4 aromatic rings. The zero-order valence-electron chi connectivity index (χ0n) is 15.7. The molecule has 0 aliphatic heterocycles. The number of carbonyl (C=O) groups excluding carboxylic acids is 1. The van der Waals surface area contributed by atoms with Gasteiger partial charge in [-0.05, 0) is 39.6 Å². The number of rotatable bonds is 7. The van der Waals surface area contributed by atoms with Gasteiger partial charge >= 0.3 is 5.82 Å². The topological polar surface area (TPSA) is 108 Å². The molecule has 0 aliphatic carbocycles. The maximum atomic E-state index is 13.2. The number of aromatic nitrogens is 4. The van der Waals surface area contributed by atoms with Crippen molar-refractivity contribution in [3.8, 4) is 0 Å². The summed E-state index contributed by atoms with van der Waals surface area (Å²) < 4.78 is 16.2. The lowest BCUT2D eigenvalue weighted by Gasteiger charge is -2.04. The standard InChI is InChI=1S/C19H14ClFN6O3S/c20-16-6-14(21)2-1-13(16)9-26-10-15(7-22-26)23-19(28)17-5-12(11-31-17)8-25-4-3-18(24-25)27(29)30/h1-7,10-11H,8-9H2,(H,23,28). The van der Waals surface area contributed by atoms with Gasteiger partial charge in [0, 0.05) is 11.2 Å². The number of nitrogens with one attached hydrogen (secondary N) is 1. The monoisotopic (exact) mass is 460 g/mol. The van der Waals surface area contributed by atoms with Crippen LogP contribution in [-0.4, -0.2) is 30.4 Å². The molecule has 3 heterocycles. The van der Waals surface area contributed by atoms with Crippen LogP contribution in [-0.2, 0) is 13.1 Å². The van der Waals surface area contributed by atoms with Gasteiger partial charge in [0.25, 0.3) is 5.91 Å². The van der Waals surface area contributed by atoms with Gasteiger partial charge in [0.2, 0.25) is 0 Å². The van der Waals surface area contributed by atoms with Gasteiger partial charge in [0.05, 0.1) is 47.2 Å². The summed E-state index contributed by atoms with van der Waals surface area (Å²) in [5.74, 6) is -0.947. The van der Waals surface area contributed by atoms with E-state index < -0.39 is 10.7 Å². The minimum atomic E-state index is -0.562. The fourth-order valence-corrected chi connectivity index (χ4v) is 3.86. The van der Waals surface area contributed by atoms with Crippen molar-refractivity contribution in [2.75, 3.05) is 5.32 Å². The van der Waals surface area contributed by atoms with Crippen LogP contribution in [0.4, 0.5) is 15.9 Å². The lowest BCUT2D eigenvalue weighted by atomic mass is 10.2. The third-order valence-corrected chi connectivity index (χ3v) is 5.60. The van der Waals surface area contributed by atoms with Crippen molar-refractivity contribution in [3.63, 3.8) is 0 Å². The predicted molar refractivity (Wildman–Crippen MR) is 113 cm³/mol. The van der Waals surface area contributed by atoms with Crippen LogP contribution in [0, 0.1) is 15.9 Å². The van der Waals surface area contributed by atoms with Gasteiger partial charge in [-0.3, -0.25) is 9.48 Å². The average Bonchev–Trinajstić information content (AvgIpc) is 3.46. The van der Waals surface area contributed by atoms with Gasteiger partial charge < -0.3 is 15.4 Å². The minimum absolute atomic E-state index is 0.230. The van der Waals surface area contributed by atoms with E-state index in [0.29, 0.717) is 34.2 Å². The first-order chi connectivity index (χ1) is 14.9. The molecule has 158 valence electrons. The zero-order chi connectivity index (χ0) is 22.0. The van der Waals surface area contributed by atoms with E-state index in [1.165, 1.54) is 46.6 Å². The molecule has 0 fully saturated rings. The first-order valence-corrected chi connectivity index (χ1v) is 10.2. The Morgan fingerprint density at radius 1 is 1.26 bits per heavy atom. The van der Waals surface area contributed by atoms with Gasteiger partial charge in [-0.1, -0.05) is 17.7 Å². The fraction of sp³-hybridized carbons (Fsp3) is 0.105. The summed E-state index contributed by atoms with van der Waals surface area (Å²) in [4.78, 5) is 23.2. The van der Waals surface area contributed by atoms with E-state index >= 15 is 0 Å². The Hall–Kier alpha value is -3.57. The molecular weight excluding hydrogens is 447 g/mol. The summed E-state index contributed by atoms with van der Waals surface area (Å²) in [5.41, 5.74) is 2.00. The minimum Gasteiger partial charge on any atom is -0.358 e. The number of amides is 1. The normalized spacial score (nSPS) is 10.9. The molecule has 1 amide bonds. The molecule has 9 nitrogen and oxygen atoms in total. The first-order valence-electron chi connectivity index (χ1n) is 8.90. The van der Waals surface area contributed by atoms with Gasteiger partial charge in [0.15, 0.2) is 0 Å².